The number of benzene rings is 1. The first-order valence-corrected chi connectivity index (χ1v) is 5.27. The molecular formula is C11H9F2N3O. The minimum absolute atomic E-state index is 0.332. The van der Waals surface area contributed by atoms with Gasteiger partial charge in [0.15, 0.2) is 0 Å². The van der Waals surface area contributed by atoms with E-state index >= 15 is 0 Å². The van der Waals surface area contributed by atoms with Crippen LogP contribution < -0.4 is 5.69 Å². The molecule has 0 bridgehead atoms. The number of aromatic nitrogens is 3. The molecule has 1 aromatic carbocycles. The van der Waals surface area contributed by atoms with Crippen molar-refractivity contribution < 1.29 is 8.78 Å². The zero-order chi connectivity index (χ0) is 12.0. The summed E-state index contributed by atoms with van der Waals surface area (Å²) in [4.78, 5) is 11.5. The Bertz CT molecular complexity index is 612. The number of nitrogens with zero attached hydrogens (tertiary/aromatic N) is 2. The predicted molar refractivity (Wildman–Crippen MR) is 55.7 cm³/mol. The summed E-state index contributed by atoms with van der Waals surface area (Å²) >= 11 is 0. The van der Waals surface area contributed by atoms with Gasteiger partial charge < -0.3 is 0 Å². The van der Waals surface area contributed by atoms with Crippen molar-refractivity contribution in [1.29, 1.82) is 0 Å². The van der Waals surface area contributed by atoms with Crippen molar-refractivity contribution >= 4 is 0 Å². The molecular weight excluding hydrogens is 228 g/mol. The highest BCUT2D eigenvalue weighted by atomic mass is 19.1. The van der Waals surface area contributed by atoms with Crippen molar-refractivity contribution in [2.75, 3.05) is 0 Å². The molecule has 0 radical (unpaired) electrons. The summed E-state index contributed by atoms with van der Waals surface area (Å²) in [6.07, 6.45) is 1.26. The summed E-state index contributed by atoms with van der Waals surface area (Å²) in [7, 11) is 0. The molecule has 88 valence electrons. The van der Waals surface area contributed by atoms with Gasteiger partial charge in [-0.05, 0) is 24.1 Å². The molecule has 17 heavy (non-hydrogen) atoms. The Morgan fingerprint density at radius 2 is 2.00 bits per heavy atom. The average Bonchev–Trinajstić information content (AvgIpc) is 2.80. The van der Waals surface area contributed by atoms with Crippen LogP contribution in [0.5, 0.6) is 0 Å². The lowest BCUT2D eigenvalue weighted by atomic mass is 10.0. The summed E-state index contributed by atoms with van der Waals surface area (Å²) in [6, 6.07) is 2.99. The number of hydrogen-bond donors (Lipinski definition) is 1. The lowest BCUT2D eigenvalue weighted by molar-refractivity contribution is 0.553. The number of hydrogen-bond acceptors (Lipinski definition) is 2. The summed E-state index contributed by atoms with van der Waals surface area (Å²) in [5.41, 5.74) is 0.122. The lowest BCUT2D eigenvalue weighted by Crippen LogP contribution is -2.20. The molecule has 1 aliphatic rings. The number of H-pyrrole nitrogens is 1. The van der Waals surface area contributed by atoms with E-state index in [1.807, 2.05) is 0 Å². The fourth-order valence-corrected chi connectivity index (χ4v) is 2.31. The Balaban J connectivity index is 2.12. The van der Waals surface area contributed by atoms with E-state index in [9.17, 15) is 13.6 Å². The van der Waals surface area contributed by atoms with Gasteiger partial charge in [-0.3, -0.25) is 4.57 Å². The van der Waals surface area contributed by atoms with Gasteiger partial charge >= 0.3 is 5.69 Å². The Morgan fingerprint density at radius 1 is 1.29 bits per heavy atom. The smallest absolute Gasteiger partial charge is 0.271 e. The number of nitrogens with one attached hydrogen (secondary N) is 1. The molecule has 4 nitrogen and oxygen atoms in total. The van der Waals surface area contributed by atoms with Gasteiger partial charge in [-0.25, -0.2) is 18.7 Å². The maximum atomic E-state index is 13.1. The maximum absolute atomic E-state index is 13.1. The molecule has 0 amide bonds. The molecule has 1 aromatic heterocycles. The van der Waals surface area contributed by atoms with E-state index in [4.69, 9.17) is 0 Å². The minimum Gasteiger partial charge on any atom is -0.271 e. The van der Waals surface area contributed by atoms with Crippen molar-refractivity contribution in [1.82, 2.24) is 14.8 Å². The molecule has 1 atom stereocenters. The van der Waals surface area contributed by atoms with Crippen molar-refractivity contribution in [3.8, 4) is 0 Å². The van der Waals surface area contributed by atoms with Crippen LogP contribution in [0.3, 0.4) is 0 Å². The molecule has 0 aliphatic carbocycles. The summed E-state index contributed by atoms with van der Waals surface area (Å²) in [5, 5.41) is 6.19. The van der Waals surface area contributed by atoms with Crippen molar-refractivity contribution in [2.45, 2.75) is 18.9 Å². The van der Waals surface area contributed by atoms with Crippen molar-refractivity contribution in [2.24, 2.45) is 0 Å². The van der Waals surface area contributed by atoms with Crippen LogP contribution in [-0.4, -0.2) is 14.8 Å². The molecule has 0 unspecified atom stereocenters. The van der Waals surface area contributed by atoms with E-state index < -0.39 is 11.6 Å². The van der Waals surface area contributed by atoms with Gasteiger partial charge in [0.1, 0.15) is 17.5 Å². The normalized spacial score (nSPS) is 18.4. The molecule has 1 N–H and O–H groups in total. The van der Waals surface area contributed by atoms with Crippen LogP contribution in [0.25, 0.3) is 0 Å². The van der Waals surface area contributed by atoms with E-state index in [0.717, 1.165) is 6.07 Å². The summed E-state index contributed by atoms with van der Waals surface area (Å²) in [6.45, 7) is 0. The second-order valence-corrected chi connectivity index (χ2v) is 4.07. The maximum Gasteiger partial charge on any atom is 0.343 e. The molecule has 0 saturated heterocycles. The van der Waals surface area contributed by atoms with Gasteiger partial charge in [-0.15, -0.1) is 0 Å². The highest BCUT2D eigenvalue weighted by Crippen LogP contribution is 2.29. The second kappa shape index (κ2) is 3.51. The Morgan fingerprint density at radius 3 is 2.71 bits per heavy atom. The first-order valence-electron chi connectivity index (χ1n) is 5.27. The third-order valence-corrected chi connectivity index (χ3v) is 3.00. The topological polar surface area (TPSA) is 50.7 Å². The molecule has 2 aromatic rings. The van der Waals surface area contributed by atoms with Gasteiger partial charge in [0, 0.05) is 12.5 Å². The third-order valence-electron chi connectivity index (χ3n) is 3.00. The first-order chi connectivity index (χ1) is 8.15. The second-order valence-electron chi connectivity index (χ2n) is 4.07. The van der Waals surface area contributed by atoms with Crippen LogP contribution in [-0.2, 0) is 6.42 Å². The largest absolute Gasteiger partial charge is 0.343 e. The molecule has 1 aliphatic heterocycles. The molecule has 3 rings (SSSR count). The molecule has 2 heterocycles. The highest BCUT2D eigenvalue weighted by Gasteiger charge is 2.27. The van der Waals surface area contributed by atoms with Crippen LogP contribution in [0.15, 0.2) is 23.0 Å². The van der Waals surface area contributed by atoms with Crippen LogP contribution >= 0.6 is 0 Å². The SMILES string of the molecule is O=c1[nH]nc2n1[C@H](c1cc(F)cc(F)c1)CC2. The number of aromatic amines is 1. The molecule has 0 spiro atoms. The van der Waals surface area contributed by atoms with E-state index in [1.54, 1.807) is 0 Å². The van der Waals surface area contributed by atoms with Crippen LogP contribution in [0.4, 0.5) is 8.78 Å². The molecule has 0 saturated carbocycles. The van der Waals surface area contributed by atoms with Gasteiger partial charge in [0.2, 0.25) is 0 Å². The predicted octanol–water partition coefficient (Wildman–Crippen LogP) is 1.39. The Labute approximate surface area is 94.9 Å². The van der Waals surface area contributed by atoms with Crippen LogP contribution in [0, 0.1) is 11.6 Å². The fraction of sp³-hybridized carbons (Fsp3) is 0.273. The average molecular weight is 237 g/mol. The molecule has 6 heteroatoms. The van der Waals surface area contributed by atoms with Crippen LogP contribution in [0.2, 0.25) is 0 Å². The monoisotopic (exact) mass is 237 g/mol. The van der Waals surface area contributed by atoms with E-state index in [-0.39, 0.29) is 11.7 Å². The zero-order valence-corrected chi connectivity index (χ0v) is 8.78. The van der Waals surface area contributed by atoms with Crippen molar-refractivity contribution in [3.63, 3.8) is 0 Å². The number of aryl methyl sites for hydroxylation is 1. The Hall–Kier alpha value is -1.98. The summed E-state index contributed by atoms with van der Waals surface area (Å²) < 4.78 is 27.7. The standard InChI is InChI=1S/C11H9F2N3O/c12-7-3-6(4-8(13)5-7)9-1-2-10-14-15-11(17)16(9)10/h3-5,9H,1-2H2,(H,15,17)/t9-/m0/s1. The molecule has 0 fully saturated rings. The Kier molecular flexibility index (Phi) is 2.10. The van der Waals surface area contributed by atoms with E-state index in [2.05, 4.69) is 10.2 Å². The minimum atomic E-state index is -0.634. The van der Waals surface area contributed by atoms with E-state index in [1.165, 1.54) is 16.7 Å². The van der Waals surface area contributed by atoms with Gasteiger partial charge in [0.25, 0.3) is 0 Å². The lowest BCUT2D eigenvalue weighted by Gasteiger charge is -2.12. The van der Waals surface area contributed by atoms with Gasteiger partial charge in [0.05, 0.1) is 6.04 Å². The van der Waals surface area contributed by atoms with Crippen molar-refractivity contribution in [3.05, 3.63) is 51.7 Å². The fourth-order valence-electron chi connectivity index (χ4n) is 2.31. The van der Waals surface area contributed by atoms with E-state index in [0.29, 0.717) is 24.2 Å². The summed E-state index contributed by atoms with van der Waals surface area (Å²) in [5.74, 6) is -0.639. The van der Waals surface area contributed by atoms with Gasteiger partial charge in [-0.1, -0.05) is 0 Å². The quantitative estimate of drug-likeness (QED) is 0.814. The zero-order valence-electron chi connectivity index (χ0n) is 8.78. The third kappa shape index (κ3) is 1.56. The first kappa shape index (κ1) is 10.2. The van der Waals surface area contributed by atoms with Gasteiger partial charge in [-0.2, -0.15) is 5.10 Å². The highest BCUT2D eigenvalue weighted by molar-refractivity contribution is 5.24. The number of rotatable bonds is 1. The number of halogens is 2. The van der Waals surface area contributed by atoms with Crippen LogP contribution in [0.1, 0.15) is 23.9 Å². The number of fused-ring (bicyclic) bond motifs is 1.